The molecule has 2 rings (SSSR count). The Bertz CT molecular complexity index is 546. The lowest BCUT2D eigenvalue weighted by Gasteiger charge is -2.04. The molecule has 0 aromatic carbocycles. The maximum absolute atomic E-state index is 10.8. The summed E-state index contributed by atoms with van der Waals surface area (Å²) in [5.41, 5.74) is 2.65. The van der Waals surface area contributed by atoms with Gasteiger partial charge in [0.15, 0.2) is 0 Å². The van der Waals surface area contributed by atoms with E-state index in [1.165, 1.54) is 6.20 Å². The molecule has 16 heavy (non-hydrogen) atoms. The summed E-state index contributed by atoms with van der Waals surface area (Å²) in [6, 6.07) is 3.47. The van der Waals surface area contributed by atoms with Crippen LogP contribution in [0.15, 0.2) is 24.5 Å². The average Bonchev–Trinajstić information content (AvgIpc) is 2.58. The molecule has 0 radical (unpaired) electrons. The second-order valence-electron chi connectivity index (χ2n) is 3.58. The van der Waals surface area contributed by atoms with E-state index in [0.29, 0.717) is 5.69 Å². The van der Waals surface area contributed by atoms with E-state index >= 15 is 0 Å². The fraction of sp³-hybridized carbons (Fsp3) is 0.182. The average molecular weight is 217 g/mol. The zero-order chi connectivity index (χ0) is 11.7. The highest BCUT2D eigenvalue weighted by atomic mass is 16.4. The lowest BCUT2D eigenvalue weighted by atomic mass is 10.2. The van der Waals surface area contributed by atoms with Crippen LogP contribution in [-0.4, -0.2) is 25.8 Å². The second-order valence-corrected chi connectivity index (χ2v) is 3.58. The molecule has 82 valence electrons. The number of carbonyl (C=O) groups is 1. The smallest absolute Gasteiger partial charge is 0.337 e. The molecule has 5 nitrogen and oxygen atoms in total. The summed E-state index contributed by atoms with van der Waals surface area (Å²) in [6.07, 6.45) is 2.91. The molecule has 0 bridgehead atoms. The quantitative estimate of drug-likeness (QED) is 0.829. The van der Waals surface area contributed by atoms with Crippen LogP contribution in [0.3, 0.4) is 0 Å². The summed E-state index contributed by atoms with van der Waals surface area (Å²) < 4.78 is 1.68. The summed E-state index contributed by atoms with van der Waals surface area (Å²) in [4.78, 5) is 14.7. The predicted octanol–water partition coefficient (Wildman–Crippen LogP) is 1.58. The van der Waals surface area contributed by atoms with Gasteiger partial charge in [-0.05, 0) is 26.0 Å². The van der Waals surface area contributed by atoms with Crippen LogP contribution in [0.5, 0.6) is 0 Å². The molecule has 2 aromatic heterocycles. The largest absolute Gasteiger partial charge is 0.478 e. The van der Waals surface area contributed by atoms with Crippen LogP contribution in [0.2, 0.25) is 0 Å². The maximum atomic E-state index is 10.8. The first-order valence-corrected chi connectivity index (χ1v) is 4.80. The molecule has 0 saturated carbocycles. The third-order valence-corrected chi connectivity index (χ3v) is 2.22. The molecule has 2 aromatic rings. The molecule has 0 amide bonds. The van der Waals surface area contributed by atoms with Gasteiger partial charge in [0.1, 0.15) is 0 Å². The number of rotatable bonds is 2. The Kier molecular flexibility index (Phi) is 2.44. The van der Waals surface area contributed by atoms with E-state index in [4.69, 9.17) is 5.11 Å². The topological polar surface area (TPSA) is 68.0 Å². The molecule has 0 aliphatic rings. The zero-order valence-electron chi connectivity index (χ0n) is 9.01. The number of aryl methyl sites for hydroxylation is 2. The molecule has 5 heteroatoms. The van der Waals surface area contributed by atoms with Gasteiger partial charge in [-0.1, -0.05) is 0 Å². The Hall–Kier alpha value is -2.17. The van der Waals surface area contributed by atoms with Crippen molar-refractivity contribution in [3.05, 3.63) is 41.5 Å². The van der Waals surface area contributed by atoms with Crippen LogP contribution in [-0.2, 0) is 0 Å². The highest BCUT2D eigenvalue weighted by Gasteiger charge is 2.08. The fourth-order valence-corrected chi connectivity index (χ4v) is 1.55. The minimum absolute atomic E-state index is 0.157. The van der Waals surface area contributed by atoms with Gasteiger partial charge in [-0.3, -0.25) is 4.98 Å². The van der Waals surface area contributed by atoms with Crippen molar-refractivity contribution in [1.82, 2.24) is 14.8 Å². The molecule has 0 atom stereocenters. The van der Waals surface area contributed by atoms with E-state index < -0.39 is 5.97 Å². The molecule has 0 fully saturated rings. The number of hydrogen-bond acceptors (Lipinski definition) is 3. The molecular formula is C11H11N3O2. The van der Waals surface area contributed by atoms with Crippen molar-refractivity contribution in [2.24, 2.45) is 0 Å². The van der Waals surface area contributed by atoms with E-state index in [0.717, 1.165) is 11.4 Å². The van der Waals surface area contributed by atoms with Crippen LogP contribution in [0.25, 0.3) is 5.69 Å². The van der Waals surface area contributed by atoms with Crippen molar-refractivity contribution in [2.45, 2.75) is 13.8 Å². The van der Waals surface area contributed by atoms with Crippen molar-refractivity contribution in [3.8, 4) is 5.69 Å². The Morgan fingerprint density at radius 2 is 2.06 bits per heavy atom. The fourth-order valence-electron chi connectivity index (χ4n) is 1.55. The Morgan fingerprint density at radius 1 is 1.31 bits per heavy atom. The number of carboxylic acids is 1. The van der Waals surface area contributed by atoms with Gasteiger partial charge >= 0.3 is 5.97 Å². The highest BCUT2D eigenvalue weighted by molar-refractivity contribution is 5.87. The summed E-state index contributed by atoms with van der Waals surface area (Å²) in [5, 5.41) is 13.1. The molecule has 0 saturated heterocycles. The normalized spacial score (nSPS) is 10.4. The molecule has 0 spiro atoms. The molecule has 0 unspecified atom stereocenters. The monoisotopic (exact) mass is 217 g/mol. The number of aromatic carboxylic acids is 1. The number of carboxylic acid groups (broad SMARTS) is 1. The van der Waals surface area contributed by atoms with Crippen molar-refractivity contribution >= 4 is 5.97 Å². The van der Waals surface area contributed by atoms with Crippen LogP contribution in [0, 0.1) is 13.8 Å². The minimum Gasteiger partial charge on any atom is -0.478 e. The third kappa shape index (κ3) is 1.79. The Balaban J connectivity index is 2.52. The van der Waals surface area contributed by atoms with Gasteiger partial charge in [0.25, 0.3) is 0 Å². The molecule has 1 N–H and O–H groups in total. The van der Waals surface area contributed by atoms with Gasteiger partial charge in [-0.25, -0.2) is 9.48 Å². The zero-order valence-corrected chi connectivity index (χ0v) is 9.01. The predicted molar refractivity (Wildman–Crippen MR) is 57.8 cm³/mol. The summed E-state index contributed by atoms with van der Waals surface area (Å²) >= 11 is 0. The van der Waals surface area contributed by atoms with E-state index in [9.17, 15) is 4.79 Å². The standard InChI is InChI=1S/C11H11N3O2/c1-7-3-8(2)14(13-7)10-4-9(11(15)16)5-12-6-10/h3-6H,1-2H3,(H,15,16). The molecule has 0 aliphatic carbocycles. The van der Waals surface area contributed by atoms with Gasteiger partial charge in [-0.2, -0.15) is 5.10 Å². The van der Waals surface area contributed by atoms with Gasteiger partial charge < -0.3 is 5.11 Å². The minimum atomic E-state index is -0.990. The Morgan fingerprint density at radius 3 is 2.62 bits per heavy atom. The maximum Gasteiger partial charge on any atom is 0.337 e. The summed E-state index contributed by atoms with van der Waals surface area (Å²) in [5.74, 6) is -0.990. The number of hydrogen-bond donors (Lipinski definition) is 1. The Labute approximate surface area is 92.4 Å². The first kappa shape index (κ1) is 10.4. The van der Waals surface area contributed by atoms with Crippen molar-refractivity contribution in [2.75, 3.05) is 0 Å². The summed E-state index contributed by atoms with van der Waals surface area (Å²) in [7, 11) is 0. The SMILES string of the molecule is Cc1cc(C)n(-c2cncc(C(=O)O)c2)n1. The molecular weight excluding hydrogens is 206 g/mol. The second kappa shape index (κ2) is 3.77. The van der Waals surface area contributed by atoms with Crippen LogP contribution in [0.1, 0.15) is 21.7 Å². The van der Waals surface area contributed by atoms with E-state index in [1.54, 1.807) is 16.9 Å². The van der Waals surface area contributed by atoms with Crippen molar-refractivity contribution < 1.29 is 9.90 Å². The lowest BCUT2D eigenvalue weighted by Crippen LogP contribution is -2.03. The number of nitrogens with zero attached hydrogens (tertiary/aromatic N) is 3. The van der Waals surface area contributed by atoms with Gasteiger partial charge in [0.05, 0.1) is 23.1 Å². The van der Waals surface area contributed by atoms with Crippen LogP contribution in [0.4, 0.5) is 0 Å². The van der Waals surface area contributed by atoms with Gasteiger partial charge in [0, 0.05) is 11.9 Å². The number of pyridine rings is 1. The van der Waals surface area contributed by atoms with E-state index in [1.807, 2.05) is 19.9 Å². The van der Waals surface area contributed by atoms with E-state index in [2.05, 4.69) is 10.1 Å². The first-order chi connectivity index (χ1) is 7.58. The number of aromatic nitrogens is 3. The first-order valence-electron chi connectivity index (χ1n) is 4.80. The summed E-state index contributed by atoms with van der Waals surface area (Å²) in [6.45, 7) is 3.80. The van der Waals surface area contributed by atoms with Crippen LogP contribution >= 0.6 is 0 Å². The van der Waals surface area contributed by atoms with Crippen LogP contribution < -0.4 is 0 Å². The van der Waals surface area contributed by atoms with Gasteiger partial charge in [-0.15, -0.1) is 0 Å². The highest BCUT2D eigenvalue weighted by Crippen LogP contribution is 2.12. The molecule has 0 aliphatic heterocycles. The van der Waals surface area contributed by atoms with Gasteiger partial charge in [0.2, 0.25) is 0 Å². The van der Waals surface area contributed by atoms with Crippen molar-refractivity contribution in [1.29, 1.82) is 0 Å². The molecule has 2 heterocycles. The van der Waals surface area contributed by atoms with Crippen molar-refractivity contribution in [3.63, 3.8) is 0 Å². The lowest BCUT2D eigenvalue weighted by molar-refractivity contribution is 0.0696. The third-order valence-electron chi connectivity index (χ3n) is 2.22. The van der Waals surface area contributed by atoms with E-state index in [-0.39, 0.29) is 5.56 Å².